The fourth-order valence-corrected chi connectivity index (χ4v) is 4.43. The number of hydrogen-bond acceptors (Lipinski definition) is 4. The molecule has 2 aromatic heterocycles. The van der Waals surface area contributed by atoms with Crippen molar-refractivity contribution < 1.29 is 27.8 Å². The van der Waals surface area contributed by atoms with E-state index in [1.807, 2.05) is 30.3 Å². The molecule has 2 heterocycles. The Kier molecular flexibility index (Phi) is 5.90. The summed E-state index contributed by atoms with van der Waals surface area (Å²) in [4.78, 5) is 16.2. The number of carbonyl (C=O) groups is 1. The van der Waals surface area contributed by atoms with E-state index in [9.17, 15) is 23.1 Å². The molecule has 2 aromatic carbocycles. The summed E-state index contributed by atoms with van der Waals surface area (Å²) >= 11 is 1.58. The molecule has 1 atom stereocenters. The Morgan fingerprint density at radius 2 is 1.87 bits per heavy atom. The maximum absolute atomic E-state index is 13.0. The first kappa shape index (κ1) is 20.9. The van der Waals surface area contributed by atoms with Gasteiger partial charge in [0.25, 0.3) is 6.36 Å². The predicted molar refractivity (Wildman–Crippen MR) is 113 cm³/mol. The Hall–Kier alpha value is -3.39. The largest absolute Gasteiger partial charge is 0.478 e. The molecule has 0 bridgehead atoms. The van der Waals surface area contributed by atoms with Crippen molar-refractivity contribution in [1.29, 1.82) is 0 Å². The number of fused-ring (bicyclic) bond motifs is 1. The molecule has 0 saturated carbocycles. The lowest BCUT2D eigenvalue weighted by Gasteiger charge is -2.09. The van der Waals surface area contributed by atoms with Crippen LogP contribution in [0, 0.1) is 0 Å². The zero-order chi connectivity index (χ0) is 22.0. The van der Waals surface area contributed by atoms with Crippen LogP contribution in [-0.2, 0) is 6.42 Å². The van der Waals surface area contributed by atoms with E-state index < -0.39 is 18.8 Å². The third-order valence-electron chi connectivity index (χ3n) is 4.62. The van der Waals surface area contributed by atoms with Crippen molar-refractivity contribution in [2.75, 3.05) is 0 Å². The van der Waals surface area contributed by atoms with E-state index in [4.69, 9.17) is 0 Å². The molecule has 4 aromatic rings. The van der Waals surface area contributed by atoms with Crippen molar-refractivity contribution >= 4 is 27.4 Å². The van der Waals surface area contributed by atoms with Crippen molar-refractivity contribution in [3.8, 4) is 17.0 Å². The van der Waals surface area contributed by atoms with Crippen LogP contribution in [0.2, 0.25) is 0 Å². The fourth-order valence-electron chi connectivity index (χ4n) is 3.20. The smallest absolute Gasteiger partial charge is 0.335 e. The number of aromatic carboxylic acids is 1. The van der Waals surface area contributed by atoms with Crippen LogP contribution in [0.3, 0.4) is 0 Å². The molecule has 0 aliphatic heterocycles. The van der Waals surface area contributed by atoms with Crippen LogP contribution in [0.4, 0.5) is 13.2 Å². The Labute approximate surface area is 179 Å². The highest BCUT2D eigenvalue weighted by atomic mass is 32.1. The number of carboxylic acid groups (broad SMARTS) is 1. The highest BCUT2D eigenvalue weighted by Gasteiger charge is 2.21. The van der Waals surface area contributed by atoms with E-state index >= 15 is 0 Å². The van der Waals surface area contributed by atoms with E-state index in [1.165, 1.54) is 12.3 Å². The highest BCUT2D eigenvalue weighted by Crippen LogP contribution is 2.36. The normalized spacial score (nSPS) is 12.3. The summed E-state index contributed by atoms with van der Waals surface area (Å²) in [5.74, 6) is -1.18. The van der Waals surface area contributed by atoms with Crippen molar-refractivity contribution in [2.24, 2.45) is 0 Å². The zero-order valence-corrected chi connectivity index (χ0v) is 16.8. The van der Waals surface area contributed by atoms with Crippen molar-refractivity contribution in [2.45, 2.75) is 19.2 Å². The summed E-state index contributed by atoms with van der Waals surface area (Å²) < 4.78 is 43.0. The number of ether oxygens (including phenoxy) is 1. The van der Waals surface area contributed by atoms with Gasteiger partial charge < -0.3 is 9.84 Å². The lowest BCUT2D eigenvalue weighted by Crippen LogP contribution is -2.20. The second kappa shape index (κ2) is 8.77. The standard InChI is InChI=1S/C23H16F3NO3S/c24-21(25)22(26)30-19-8-7-13(12-27-19)9-17-11-15-4-2-6-18(20(15)31-17)14-3-1-5-16(10-14)23(28)29/h1-8,10-12,21-22H,9H2,(H,28,29). The Bertz CT molecular complexity index is 1220. The highest BCUT2D eigenvalue weighted by molar-refractivity contribution is 7.19. The molecule has 0 saturated heterocycles. The SMILES string of the molecule is O=C(O)c1cccc(-c2cccc3cc(Cc4ccc(OC(F)C(F)F)nc4)sc23)c1. The number of carboxylic acids is 1. The molecule has 1 unspecified atom stereocenters. The van der Waals surface area contributed by atoms with Gasteiger partial charge in [-0.1, -0.05) is 36.4 Å². The van der Waals surface area contributed by atoms with E-state index in [-0.39, 0.29) is 11.4 Å². The van der Waals surface area contributed by atoms with Crippen LogP contribution in [-0.4, -0.2) is 28.8 Å². The fraction of sp³-hybridized carbons (Fsp3) is 0.130. The van der Waals surface area contributed by atoms with Gasteiger partial charge in [-0.15, -0.1) is 11.3 Å². The Balaban J connectivity index is 1.58. The number of pyridine rings is 1. The van der Waals surface area contributed by atoms with Gasteiger partial charge in [-0.05, 0) is 40.3 Å². The Morgan fingerprint density at radius 1 is 1.06 bits per heavy atom. The molecular formula is C23H16F3NO3S. The number of thiophene rings is 1. The average Bonchev–Trinajstić information content (AvgIpc) is 3.17. The van der Waals surface area contributed by atoms with Gasteiger partial charge in [-0.3, -0.25) is 0 Å². The number of hydrogen-bond donors (Lipinski definition) is 1. The molecule has 1 N–H and O–H groups in total. The third-order valence-corrected chi connectivity index (χ3v) is 5.81. The van der Waals surface area contributed by atoms with Crippen molar-refractivity contribution in [1.82, 2.24) is 4.98 Å². The number of aromatic nitrogens is 1. The van der Waals surface area contributed by atoms with Crippen LogP contribution >= 0.6 is 11.3 Å². The maximum atomic E-state index is 13.0. The quantitative estimate of drug-likeness (QED) is 0.370. The second-order valence-corrected chi connectivity index (χ2v) is 7.94. The van der Waals surface area contributed by atoms with Crippen LogP contribution in [0.25, 0.3) is 21.2 Å². The van der Waals surface area contributed by atoms with Gasteiger partial charge in [0.1, 0.15) is 0 Å². The van der Waals surface area contributed by atoms with Gasteiger partial charge in [0.2, 0.25) is 5.88 Å². The van der Waals surface area contributed by atoms with E-state index in [2.05, 4.69) is 9.72 Å². The lowest BCUT2D eigenvalue weighted by molar-refractivity contribution is -0.0690. The summed E-state index contributed by atoms with van der Waals surface area (Å²) in [6.45, 7) is 0. The number of nitrogens with zero attached hydrogens (tertiary/aromatic N) is 1. The molecule has 0 radical (unpaired) electrons. The number of alkyl halides is 3. The molecular weight excluding hydrogens is 427 g/mol. The summed E-state index contributed by atoms with van der Waals surface area (Å²) in [7, 11) is 0. The number of rotatable bonds is 7. The van der Waals surface area contributed by atoms with E-state index in [0.29, 0.717) is 6.42 Å². The van der Waals surface area contributed by atoms with Gasteiger partial charge in [-0.2, -0.15) is 4.39 Å². The van der Waals surface area contributed by atoms with Gasteiger partial charge in [0.15, 0.2) is 0 Å². The maximum Gasteiger partial charge on any atom is 0.335 e. The Morgan fingerprint density at radius 3 is 2.58 bits per heavy atom. The molecule has 4 rings (SSSR count). The minimum Gasteiger partial charge on any atom is -0.478 e. The van der Waals surface area contributed by atoms with E-state index in [1.54, 1.807) is 35.6 Å². The van der Waals surface area contributed by atoms with Gasteiger partial charge in [0.05, 0.1) is 5.56 Å². The lowest BCUT2D eigenvalue weighted by atomic mass is 10.0. The van der Waals surface area contributed by atoms with E-state index in [0.717, 1.165) is 31.7 Å². The molecule has 158 valence electrons. The summed E-state index contributed by atoms with van der Waals surface area (Å²) in [5, 5.41) is 10.3. The molecule has 0 amide bonds. The first-order valence-corrected chi connectivity index (χ1v) is 10.1. The van der Waals surface area contributed by atoms with Gasteiger partial charge in [-0.25, -0.2) is 18.6 Å². The van der Waals surface area contributed by atoms with Crippen LogP contribution in [0.5, 0.6) is 5.88 Å². The number of benzene rings is 2. The van der Waals surface area contributed by atoms with Crippen LogP contribution in [0.1, 0.15) is 20.8 Å². The minimum absolute atomic E-state index is 0.200. The topological polar surface area (TPSA) is 59.4 Å². The third kappa shape index (κ3) is 4.69. The molecule has 8 heteroatoms. The minimum atomic E-state index is -3.23. The molecule has 0 spiro atoms. The zero-order valence-electron chi connectivity index (χ0n) is 16.0. The van der Waals surface area contributed by atoms with Gasteiger partial charge >= 0.3 is 12.4 Å². The van der Waals surface area contributed by atoms with Crippen LogP contribution < -0.4 is 4.74 Å². The first-order chi connectivity index (χ1) is 14.9. The first-order valence-electron chi connectivity index (χ1n) is 9.29. The molecule has 0 aliphatic rings. The molecule has 0 aliphatic carbocycles. The summed E-state index contributed by atoms with van der Waals surface area (Å²) in [6, 6.07) is 17.7. The molecule has 0 fully saturated rings. The van der Waals surface area contributed by atoms with Crippen molar-refractivity contribution in [3.63, 3.8) is 0 Å². The summed E-state index contributed by atoms with van der Waals surface area (Å²) in [5.41, 5.74) is 2.81. The average molecular weight is 443 g/mol. The molecule has 31 heavy (non-hydrogen) atoms. The second-order valence-electron chi connectivity index (χ2n) is 6.81. The molecule has 4 nitrogen and oxygen atoms in total. The van der Waals surface area contributed by atoms with Gasteiger partial charge in [0, 0.05) is 28.3 Å². The monoisotopic (exact) mass is 443 g/mol. The predicted octanol–water partition coefficient (Wildman–Crippen LogP) is 6.19. The van der Waals surface area contributed by atoms with Crippen molar-refractivity contribution in [3.05, 3.63) is 82.9 Å². The van der Waals surface area contributed by atoms with Crippen LogP contribution in [0.15, 0.2) is 66.9 Å². The summed E-state index contributed by atoms with van der Waals surface area (Å²) in [6.07, 6.45) is -3.92. The number of halogens is 3.